The minimum absolute atomic E-state index is 0.370. The Morgan fingerprint density at radius 2 is 2.07 bits per heavy atom. The lowest BCUT2D eigenvalue weighted by atomic mass is 9.95. The third-order valence-electron chi connectivity index (χ3n) is 5.64. The van der Waals surface area contributed by atoms with Crippen LogP contribution in [0.25, 0.3) is 17.2 Å². The molecule has 5 nitrogen and oxygen atoms in total. The first kappa shape index (κ1) is 18.6. The lowest BCUT2D eigenvalue weighted by molar-refractivity contribution is -0.134. The van der Waals surface area contributed by atoms with Gasteiger partial charge in [0.2, 0.25) is 0 Å². The van der Waals surface area contributed by atoms with Gasteiger partial charge in [-0.1, -0.05) is 24.3 Å². The molecule has 0 aromatic heterocycles. The van der Waals surface area contributed by atoms with E-state index in [0.29, 0.717) is 6.04 Å². The van der Waals surface area contributed by atoms with Crippen molar-refractivity contribution in [3.8, 4) is 16.9 Å². The van der Waals surface area contributed by atoms with Crippen molar-refractivity contribution in [2.45, 2.75) is 18.9 Å². The second-order valence-corrected chi connectivity index (χ2v) is 7.21. The highest BCUT2D eigenvalue weighted by molar-refractivity contribution is 5.92. The number of hydrogen-bond acceptors (Lipinski definition) is 5. The van der Waals surface area contributed by atoms with Gasteiger partial charge in [-0.3, -0.25) is 0 Å². The molecule has 1 saturated heterocycles. The zero-order valence-corrected chi connectivity index (χ0v) is 16.4. The number of esters is 1. The highest BCUT2D eigenvalue weighted by atomic mass is 16.5. The van der Waals surface area contributed by atoms with Crippen LogP contribution in [0.1, 0.15) is 17.5 Å². The molecule has 1 N–H and O–H groups in total. The smallest absolute Gasteiger partial charge is 0.330 e. The lowest BCUT2D eigenvalue weighted by Crippen LogP contribution is -2.33. The second kappa shape index (κ2) is 8.07. The van der Waals surface area contributed by atoms with Crippen molar-refractivity contribution in [1.82, 2.24) is 5.32 Å². The van der Waals surface area contributed by atoms with Crippen LogP contribution in [-0.4, -0.2) is 45.9 Å². The van der Waals surface area contributed by atoms with Gasteiger partial charge >= 0.3 is 5.97 Å². The Balaban J connectivity index is 1.81. The van der Waals surface area contributed by atoms with E-state index in [1.54, 1.807) is 13.2 Å². The molecule has 5 heteroatoms. The summed E-state index contributed by atoms with van der Waals surface area (Å²) in [5.74, 6) is 0.392. The summed E-state index contributed by atoms with van der Waals surface area (Å²) in [6, 6.07) is 13.1. The fraction of sp³-hybridized carbons (Fsp3) is 0.348. The summed E-state index contributed by atoms with van der Waals surface area (Å²) < 4.78 is 10.2. The number of carbonyl (C=O) groups is 1. The SMILES string of the molecule is COC(=O)C=Cc1cc(OC)ccc1-c1cccc2c1N1CCNCCC1C2. The molecule has 0 saturated carbocycles. The van der Waals surface area contributed by atoms with Gasteiger partial charge in [0.1, 0.15) is 5.75 Å². The van der Waals surface area contributed by atoms with Crippen LogP contribution in [0.2, 0.25) is 0 Å². The van der Waals surface area contributed by atoms with Crippen LogP contribution in [0, 0.1) is 0 Å². The van der Waals surface area contributed by atoms with E-state index >= 15 is 0 Å². The lowest BCUT2D eigenvalue weighted by Gasteiger charge is -2.27. The number of anilines is 1. The molecule has 2 heterocycles. The summed E-state index contributed by atoms with van der Waals surface area (Å²) >= 11 is 0. The standard InChI is InChI=1S/C23H26N2O3/c1-27-19-7-8-20(16(15-19)6-9-22(26)28-2)21-5-3-4-17-14-18-10-11-24-12-13-25(18)23(17)21/h3-9,15,18,24H,10-14H2,1-2H3. The molecule has 4 rings (SSSR count). The van der Waals surface area contributed by atoms with E-state index in [4.69, 9.17) is 9.47 Å². The van der Waals surface area contributed by atoms with Crippen LogP contribution in [0.15, 0.2) is 42.5 Å². The molecule has 1 unspecified atom stereocenters. The van der Waals surface area contributed by atoms with Crippen molar-refractivity contribution in [2.75, 3.05) is 38.8 Å². The summed E-state index contributed by atoms with van der Waals surface area (Å²) in [7, 11) is 3.04. The van der Waals surface area contributed by atoms with Gasteiger partial charge in [-0.15, -0.1) is 0 Å². The Hall–Kier alpha value is -2.79. The van der Waals surface area contributed by atoms with Crippen molar-refractivity contribution >= 4 is 17.7 Å². The maximum atomic E-state index is 11.6. The van der Waals surface area contributed by atoms with Crippen molar-refractivity contribution in [1.29, 1.82) is 0 Å². The summed E-state index contributed by atoms with van der Waals surface area (Å²) in [6.45, 7) is 3.08. The van der Waals surface area contributed by atoms with Crippen LogP contribution in [0.5, 0.6) is 5.75 Å². The third kappa shape index (κ3) is 3.50. The molecule has 0 bridgehead atoms. The molecule has 0 amide bonds. The normalized spacial score (nSPS) is 18.5. The Bertz CT molecular complexity index is 907. The maximum Gasteiger partial charge on any atom is 0.330 e. The topological polar surface area (TPSA) is 50.8 Å². The fourth-order valence-electron chi connectivity index (χ4n) is 4.28. The Labute approximate surface area is 165 Å². The van der Waals surface area contributed by atoms with E-state index in [9.17, 15) is 4.79 Å². The van der Waals surface area contributed by atoms with Crippen molar-refractivity contribution in [3.63, 3.8) is 0 Å². The Morgan fingerprint density at radius 3 is 2.89 bits per heavy atom. The first-order chi connectivity index (χ1) is 13.7. The molecular formula is C23H26N2O3. The first-order valence-electron chi connectivity index (χ1n) is 9.75. The largest absolute Gasteiger partial charge is 0.497 e. The molecule has 2 aromatic carbocycles. The summed E-state index contributed by atoms with van der Waals surface area (Å²) in [6.07, 6.45) is 5.51. The molecular weight excluding hydrogens is 352 g/mol. The molecule has 2 aliphatic heterocycles. The molecule has 1 fully saturated rings. The number of nitrogens with zero attached hydrogens (tertiary/aromatic N) is 1. The highest BCUT2D eigenvalue weighted by Crippen LogP contribution is 2.43. The number of rotatable bonds is 4. The summed E-state index contributed by atoms with van der Waals surface area (Å²) in [4.78, 5) is 14.2. The number of nitrogens with one attached hydrogen (secondary N) is 1. The van der Waals surface area contributed by atoms with Crippen molar-refractivity contribution in [2.24, 2.45) is 0 Å². The van der Waals surface area contributed by atoms with Crippen LogP contribution in [0.4, 0.5) is 5.69 Å². The van der Waals surface area contributed by atoms with Crippen LogP contribution in [-0.2, 0) is 16.0 Å². The quantitative estimate of drug-likeness (QED) is 0.654. The number of hydrogen-bond donors (Lipinski definition) is 1. The van der Waals surface area contributed by atoms with Crippen LogP contribution < -0.4 is 15.0 Å². The number of ether oxygens (including phenoxy) is 2. The fourth-order valence-corrected chi connectivity index (χ4v) is 4.28. The van der Waals surface area contributed by atoms with E-state index < -0.39 is 0 Å². The van der Waals surface area contributed by atoms with Gasteiger partial charge in [0.25, 0.3) is 0 Å². The number of para-hydroxylation sites is 1. The van der Waals surface area contributed by atoms with Crippen molar-refractivity contribution in [3.05, 3.63) is 53.6 Å². The Kier molecular flexibility index (Phi) is 5.35. The molecule has 0 aliphatic carbocycles. The number of methoxy groups -OCH3 is 2. The molecule has 2 aromatic rings. The Morgan fingerprint density at radius 1 is 1.18 bits per heavy atom. The summed E-state index contributed by atoms with van der Waals surface area (Å²) in [5.41, 5.74) is 5.97. The van der Waals surface area contributed by atoms with Gasteiger partial charge in [-0.2, -0.15) is 0 Å². The monoisotopic (exact) mass is 378 g/mol. The minimum Gasteiger partial charge on any atom is -0.497 e. The molecule has 0 spiro atoms. The molecule has 1 atom stereocenters. The number of carbonyl (C=O) groups excluding carboxylic acids is 1. The molecule has 0 radical (unpaired) electrons. The zero-order chi connectivity index (χ0) is 19.5. The predicted octanol–water partition coefficient (Wildman–Crippen LogP) is 3.27. The van der Waals surface area contributed by atoms with E-state index in [0.717, 1.165) is 49.4 Å². The van der Waals surface area contributed by atoms with E-state index in [1.807, 2.05) is 12.1 Å². The summed E-state index contributed by atoms with van der Waals surface area (Å²) in [5, 5.41) is 3.51. The zero-order valence-electron chi connectivity index (χ0n) is 16.4. The average molecular weight is 378 g/mol. The van der Waals surface area contributed by atoms with Gasteiger partial charge in [0, 0.05) is 36.5 Å². The average Bonchev–Trinajstić information content (AvgIpc) is 2.93. The molecule has 146 valence electrons. The van der Waals surface area contributed by atoms with Gasteiger partial charge in [-0.25, -0.2) is 4.79 Å². The second-order valence-electron chi connectivity index (χ2n) is 7.21. The first-order valence-corrected chi connectivity index (χ1v) is 9.75. The number of fused-ring (bicyclic) bond motifs is 3. The van der Waals surface area contributed by atoms with Gasteiger partial charge < -0.3 is 19.7 Å². The maximum absolute atomic E-state index is 11.6. The van der Waals surface area contributed by atoms with Gasteiger partial charge in [0.05, 0.1) is 14.2 Å². The predicted molar refractivity (Wildman–Crippen MR) is 112 cm³/mol. The van der Waals surface area contributed by atoms with E-state index in [2.05, 4.69) is 34.5 Å². The van der Waals surface area contributed by atoms with E-state index in [1.165, 1.54) is 30.0 Å². The van der Waals surface area contributed by atoms with Crippen LogP contribution >= 0.6 is 0 Å². The molecule has 2 aliphatic rings. The third-order valence-corrected chi connectivity index (χ3v) is 5.64. The van der Waals surface area contributed by atoms with Gasteiger partial charge in [-0.05, 0) is 54.3 Å². The van der Waals surface area contributed by atoms with Gasteiger partial charge in [0.15, 0.2) is 0 Å². The molecule has 28 heavy (non-hydrogen) atoms. The number of benzene rings is 2. The van der Waals surface area contributed by atoms with Crippen molar-refractivity contribution < 1.29 is 14.3 Å². The minimum atomic E-state index is -0.370. The van der Waals surface area contributed by atoms with E-state index in [-0.39, 0.29) is 5.97 Å². The highest BCUT2D eigenvalue weighted by Gasteiger charge is 2.32. The van der Waals surface area contributed by atoms with Crippen LogP contribution in [0.3, 0.4) is 0 Å².